The Kier molecular flexibility index (Phi) is 6.90. The number of benzene rings is 3. The van der Waals surface area contributed by atoms with Crippen molar-refractivity contribution in [3.05, 3.63) is 94.3 Å². The fourth-order valence-corrected chi connectivity index (χ4v) is 4.15. The van der Waals surface area contributed by atoms with Gasteiger partial charge in [-0.1, -0.05) is 60.1 Å². The molecule has 0 saturated carbocycles. The lowest BCUT2D eigenvalue weighted by Crippen LogP contribution is -2.55. The zero-order chi connectivity index (χ0) is 22.8. The Bertz CT molecular complexity index is 1050. The summed E-state index contributed by atoms with van der Waals surface area (Å²) in [5.41, 5.74) is 4.28. The Hall–Kier alpha value is -2.32. The third-order valence-electron chi connectivity index (χ3n) is 5.82. The van der Waals surface area contributed by atoms with Crippen molar-refractivity contribution in [1.29, 1.82) is 0 Å². The van der Waals surface area contributed by atoms with Gasteiger partial charge in [0.05, 0.1) is 6.61 Å². The van der Waals surface area contributed by atoms with Crippen molar-refractivity contribution >= 4 is 11.6 Å². The van der Waals surface area contributed by atoms with E-state index in [-0.39, 0.29) is 5.82 Å². The third kappa shape index (κ3) is 4.71. The molecule has 0 aliphatic carbocycles. The molecular formula is C25H24ClFO5. The molecule has 7 heteroatoms. The van der Waals surface area contributed by atoms with Crippen LogP contribution in [0.2, 0.25) is 5.02 Å². The van der Waals surface area contributed by atoms with Crippen LogP contribution in [0.5, 0.6) is 0 Å². The molecule has 1 heterocycles. The SMILES string of the molecule is OC[C@H]1O[C@@H](c2ccc(Cl)c(Cc3ccc(-c4ccc(F)cc4)cc3)c2)[C@H](O)[C@@H](O)[C@@H]1O. The van der Waals surface area contributed by atoms with Gasteiger partial charge in [0.15, 0.2) is 0 Å². The fraction of sp³-hybridized carbons (Fsp3) is 0.280. The lowest BCUT2D eigenvalue weighted by atomic mass is 9.90. The Morgan fingerprint density at radius 1 is 0.812 bits per heavy atom. The highest BCUT2D eigenvalue weighted by Gasteiger charge is 2.44. The Morgan fingerprint density at radius 3 is 2.06 bits per heavy atom. The van der Waals surface area contributed by atoms with Gasteiger partial charge < -0.3 is 25.2 Å². The lowest BCUT2D eigenvalue weighted by Gasteiger charge is -2.40. The second-order valence-electron chi connectivity index (χ2n) is 7.98. The van der Waals surface area contributed by atoms with E-state index in [1.807, 2.05) is 24.3 Å². The lowest BCUT2D eigenvalue weighted by molar-refractivity contribution is -0.231. The molecule has 1 fully saturated rings. The number of rotatable bonds is 5. The summed E-state index contributed by atoms with van der Waals surface area (Å²) in [5, 5.41) is 40.5. The molecule has 5 nitrogen and oxygen atoms in total. The predicted molar refractivity (Wildman–Crippen MR) is 119 cm³/mol. The molecule has 0 spiro atoms. The number of hydrogen-bond acceptors (Lipinski definition) is 5. The van der Waals surface area contributed by atoms with E-state index in [9.17, 15) is 24.8 Å². The number of hydrogen-bond donors (Lipinski definition) is 4. The molecule has 1 saturated heterocycles. The number of aliphatic hydroxyl groups is 4. The van der Waals surface area contributed by atoms with Crippen LogP contribution in [-0.2, 0) is 11.2 Å². The molecule has 168 valence electrons. The van der Waals surface area contributed by atoms with Crippen LogP contribution in [0.3, 0.4) is 0 Å². The van der Waals surface area contributed by atoms with E-state index in [1.165, 1.54) is 12.1 Å². The molecule has 3 aromatic rings. The number of aliphatic hydroxyl groups excluding tert-OH is 4. The van der Waals surface area contributed by atoms with E-state index >= 15 is 0 Å². The van der Waals surface area contributed by atoms with E-state index < -0.39 is 37.1 Å². The summed E-state index contributed by atoms with van der Waals surface area (Å²) >= 11 is 6.40. The number of halogens is 2. The Balaban J connectivity index is 1.55. The van der Waals surface area contributed by atoms with E-state index in [0.717, 1.165) is 22.3 Å². The normalized spacial score (nSPS) is 25.6. The highest BCUT2D eigenvalue weighted by atomic mass is 35.5. The van der Waals surface area contributed by atoms with Gasteiger partial charge in [0.25, 0.3) is 0 Å². The topological polar surface area (TPSA) is 90.2 Å². The van der Waals surface area contributed by atoms with Gasteiger partial charge in [0.2, 0.25) is 0 Å². The van der Waals surface area contributed by atoms with Crippen LogP contribution in [0, 0.1) is 5.82 Å². The van der Waals surface area contributed by atoms with Crippen molar-refractivity contribution in [3.8, 4) is 11.1 Å². The van der Waals surface area contributed by atoms with Crippen LogP contribution in [0.4, 0.5) is 4.39 Å². The minimum Gasteiger partial charge on any atom is -0.394 e. The fourth-order valence-electron chi connectivity index (χ4n) is 3.96. The first-order chi connectivity index (χ1) is 15.4. The van der Waals surface area contributed by atoms with Gasteiger partial charge in [0, 0.05) is 5.02 Å². The maximum Gasteiger partial charge on any atom is 0.123 e. The maximum absolute atomic E-state index is 13.1. The van der Waals surface area contributed by atoms with Gasteiger partial charge in [-0.15, -0.1) is 0 Å². The molecule has 0 bridgehead atoms. The number of ether oxygens (including phenoxy) is 1. The van der Waals surface area contributed by atoms with Crippen molar-refractivity contribution in [3.63, 3.8) is 0 Å². The first-order valence-electron chi connectivity index (χ1n) is 10.3. The summed E-state index contributed by atoms with van der Waals surface area (Å²) in [5.74, 6) is -0.278. The average Bonchev–Trinajstić information content (AvgIpc) is 2.80. The van der Waals surface area contributed by atoms with Gasteiger partial charge in [-0.3, -0.25) is 0 Å². The van der Waals surface area contributed by atoms with Crippen LogP contribution in [0.15, 0.2) is 66.7 Å². The zero-order valence-corrected chi connectivity index (χ0v) is 17.9. The van der Waals surface area contributed by atoms with Crippen molar-refractivity contribution in [2.45, 2.75) is 36.9 Å². The second-order valence-corrected chi connectivity index (χ2v) is 8.39. The summed E-state index contributed by atoms with van der Waals surface area (Å²) in [6.07, 6.45) is -5.56. The smallest absolute Gasteiger partial charge is 0.123 e. The molecule has 1 aliphatic heterocycles. The molecule has 0 amide bonds. The van der Waals surface area contributed by atoms with Crippen molar-refractivity contribution in [2.75, 3.05) is 6.61 Å². The molecule has 1 aliphatic rings. The molecule has 5 atom stereocenters. The first kappa shape index (κ1) is 22.9. The molecule has 32 heavy (non-hydrogen) atoms. The van der Waals surface area contributed by atoms with Crippen molar-refractivity contribution < 1.29 is 29.6 Å². The minimum absolute atomic E-state index is 0.278. The first-order valence-corrected chi connectivity index (χ1v) is 10.7. The standard InChI is InChI=1S/C25H24ClFO5/c26-20-10-7-17(25-24(31)23(30)22(29)21(13-28)32-25)12-18(20)11-14-1-3-15(4-2-14)16-5-8-19(27)9-6-16/h1-10,12,21-25,28-31H,11,13H2/t21-,22-,23+,24-,25+/m1/s1. The van der Waals surface area contributed by atoms with Gasteiger partial charge in [0.1, 0.15) is 36.3 Å². The summed E-state index contributed by atoms with van der Waals surface area (Å²) in [7, 11) is 0. The summed E-state index contributed by atoms with van der Waals surface area (Å²) in [6, 6.07) is 19.3. The van der Waals surface area contributed by atoms with Gasteiger partial charge in [-0.25, -0.2) is 4.39 Å². The van der Waals surface area contributed by atoms with Crippen LogP contribution in [0.25, 0.3) is 11.1 Å². The highest BCUT2D eigenvalue weighted by molar-refractivity contribution is 6.31. The molecule has 0 unspecified atom stereocenters. The largest absolute Gasteiger partial charge is 0.394 e. The van der Waals surface area contributed by atoms with Crippen LogP contribution >= 0.6 is 11.6 Å². The summed E-state index contributed by atoms with van der Waals surface area (Å²) in [6.45, 7) is -0.484. The van der Waals surface area contributed by atoms with Crippen LogP contribution < -0.4 is 0 Å². The van der Waals surface area contributed by atoms with E-state index in [4.69, 9.17) is 16.3 Å². The van der Waals surface area contributed by atoms with Crippen molar-refractivity contribution in [1.82, 2.24) is 0 Å². The highest BCUT2D eigenvalue weighted by Crippen LogP contribution is 2.34. The molecule has 3 aromatic carbocycles. The molecular weight excluding hydrogens is 435 g/mol. The summed E-state index contributed by atoms with van der Waals surface area (Å²) < 4.78 is 18.8. The van der Waals surface area contributed by atoms with Gasteiger partial charge >= 0.3 is 0 Å². The second kappa shape index (κ2) is 9.67. The van der Waals surface area contributed by atoms with E-state index in [1.54, 1.807) is 30.3 Å². The monoisotopic (exact) mass is 458 g/mol. The third-order valence-corrected chi connectivity index (χ3v) is 6.19. The molecule has 0 radical (unpaired) electrons. The maximum atomic E-state index is 13.1. The van der Waals surface area contributed by atoms with Gasteiger partial charge in [-0.2, -0.15) is 0 Å². The van der Waals surface area contributed by atoms with Crippen LogP contribution in [0.1, 0.15) is 22.8 Å². The minimum atomic E-state index is -1.44. The molecule has 4 rings (SSSR count). The Labute approximate surface area is 190 Å². The summed E-state index contributed by atoms with van der Waals surface area (Å²) in [4.78, 5) is 0. The zero-order valence-electron chi connectivity index (χ0n) is 17.1. The van der Waals surface area contributed by atoms with Crippen LogP contribution in [-0.4, -0.2) is 51.4 Å². The van der Waals surface area contributed by atoms with Gasteiger partial charge in [-0.05, 0) is 52.4 Å². The average molecular weight is 459 g/mol. The molecule has 0 aromatic heterocycles. The van der Waals surface area contributed by atoms with E-state index in [0.29, 0.717) is 17.0 Å². The predicted octanol–water partition coefficient (Wildman–Crippen LogP) is 3.25. The molecule has 4 N–H and O–H groups in total. The van der Waals surface area contributed by atoms with E-state index in [2.05, 4.69) is 0 Å². The van der Waals surface area contributed by atoms with Crippen molar-refractivity contribution in [2.24, 2.45) is 0 Å². The quantitative estimate of drug-likeness (QED) is 0.471. The Morgan fingerprint density at radius 2 is 1.44 bits per heavy atom.